The Bertz CT molecular complexity index is 1200. The van der Waals surface area contributed by atoms with Gasteiger partial charge in [-0.3, -0.25) is 4.79 Å². The maximum Gasteiger partial charge on any atom is 0.343 e. The molecule has 0 unspecified atom stereocenters. The van der Waals surface area contributed by atoms with E-state index in [9.17, 15) is 14.4 Å². The predicted octanol–water partition coefficient (Wildman–Crippen LogP) is 5.46. The summed E-state index contributed by atoms with van der Waals surface area (Å²) in [4.78, 5) is 35.5. The molecule has 0 N–H and O–H groups in total. The molecule has 0 saturated heterocycles. The van der Waals surface area contributed by atoms with Gasteiger partial charge >= 0.3 is 11.9 Å². The maximum atomic E-state index is 12.4. The third-order valence-electron chi connectivity index (χ3n) is 4.98. The number of benzene rings is 3. The number of unbranched alkanes of at least 4 members (excludes halogenated alkanes) is 1. The van der Waals surface area contributed by atoms with Crippen LogP contribution in [0, 0.1) is 0 Å². The van der Waals surface area contributed by atoms with Crippen molar-refractivity contribution in [3.05, 3.63) is 109 Å². The van der Waals surface area contributed by atoms with Crippen LogP contribution < -0.4 is 14.2 Å². The second-order valence-electron chi connectivity index (χ2n) is 7.83. The number of carbonyl (C=O) groups excluding carboxylic acids is 3. The summed E-state index contributed by atoms with van der Waals surface area (Å²) in [5, 5.41) is 0. The lowest BCUT2D eigenvalue weighted by Gasteiger charge is -2.08. The highest BCUT2D eigenvalue weighted by molar-refractivity contribution is 5.91. The lowest BCUT2D eigenvalue weighted by molar-refractivity contribution is -0.129. The summed E-state index contributed by atoms with van der Waals surface area (Å²) in [5.74, 6) is 0.118. The Morgan fingerprint density at radius 1 is 0.730 bits per heavy atom. The second-order valence-corrected chi connectivity index (χ2v) is 7.83. The first-order valence-corrected chi connectivity index (χ1v) is 11.8. The normalized spacial score (nSPS) is 10.6. The summed E-state index contributed by atoms with van der Waals surface area (Å²) in [6.07, 6.45) is 5.78. The summed E-state index contributed by atoms with van der Waals surface area (Å²) in [5.41, 5.74) is 1.26. The topological polar surface area (TPSA) is 88.1 Å². The molecule has 0 atom stereocenters. The van der Waals surface area contributed by atoms with Gasteiger partial charge in [0.15, 0.2) is 5.78 Å². The molecule has 7 heteroatoms. The summed E-state index contributed by atoms with van der Waals surface area (Å²) in [6.45, 7) is 4.40. The summed E-state index contributed by atoms with van der Waals surface area (Å²) < 4.78 is 21.5. The Kier molecular flexibility index (Phi) is 10.8. The molecule has 3 aromatic rings. The first-order chi connectivity index (χ1) is 18.0. The van der Waals surface area contributed by atoms with Crippen LogP contribution in [-0.2, 0) is 14.3 Å². The van der Waals surface area contributed by atoms with Crippen molar-refractivity contribution in [2.45, 2.75) is 12.8 Å². The predicted molar refractivity (Wildman–Crippen MR) is 140 cm³/mol. The van der Waals surface area contributed by atoms with E-state index in [1.807, 2.05) is 30.3 Å². The number of esters is 2. The number of hydrogen-bond donors (Lipinski definition) is 0. The van der Waals surface area contributed by atoms with E-state index < -0.39 is 11.9 Å². The van der Waals surface area contributed by atoms with Crippen molar-refractivity contribution in [3.8, 4) is 17.2 Å². The summed E-state index contributed by atoms with van der Waals surface area (Å²) >= 11 is 0. The number of hydrogen-bond acceptors (Lipinski definition) is 7. The van der Waals surface area contributed by atoms with Crippen LogP contribution in [0.4, 0.5) is 0 Å². The molecule has 0 radical (unpaired) electrons. The highest BCUT2D eigenvalue weighted by atomic mass is 16.5. The van der Waals surface area contributed by atoms with Gasteiger partial charge in [-0.15, -0.1) is 0 Å². The zero-order valence-electron chi connectivity index (χ0n) is 20.3. The zero-order valence-corrected chi connectivity index (χ0v) is 20.3. The monoisotopic (exact) mass is 500 g/mol. The number of ketones is 1. The summed E-state index contributed by atoms with van der Waals surface area (Å²) in [6, 6.07) is 22.3. The molecule has 0 aliphatic carbocycles. The second kappa shape index (κ2) is 14.8. The fourth-order valence-corrected chi connectivity index (χ4v) is 3.04. The fourth-order valence-electron chi connectivity index (χ4n) is 3.04. The van der Waals surface area contributed by atoms with Crippen LogP contribution in [0.1, 0.15) is 28.8 Å². The molecule has 0 fully saturated rings. The molecule has 0 aromatic heterocycles. The Morgan fingerprint density at radius 2 is 1.35 bits per heavy atom. The van der Waals surface area contributed by atoms with E-state index in [-0.39, 0.29) is 12.4 Å². The van der Waals surface area contributed by atoms with Gasteiger partial charge in [-0.1, -0.05) is 36.9 Å². The molecule has 0 amide bonds. The molecule has 0 aliphatic heterocycles. The third-order valence-corrected chi connectivity index (χ3v) is 4.98. The molecular formula is C30H28O7. The van der Waals surface area contributed by atoms with Crippen molar-refractivity contribution in [3.63, 3.8) is 0 Å². The SMILES string of the molecule is C=CC(=O)COCCCCOc1ccc(C(=O)Oc2ccc(OC(=O)/C=C/c3ccccc3)cc2)cc1. The standard InChI is InChI=1S/C30H28O7/c1-2-25(31)22-34-20-6-7-21-35-26-13-11-24(12-14-26)30(33)37-28-17-15-27(16-18-28)36-29(32)19-10-23-8-4-3-5-9-23/h2-5,8-19H,1,6-7,20-22H2/b19-10+. The van der Waals surface area contributed by atoms with Gasteiger partial charge < -0.3 is 18.9 Å². The average Bonchev–Trinajstić information content (AvgIpc) is 2.93. The minimum absolute atomic E-state index is 0.0479. The molecule has 190 valence electrons. The molecule has 3 aromatic carbocycles. The van der Waals surface area contributed by atoms with Gasteiger partial charge in [0.1, 0.15) is 23.9 Å². The van der Waals surface area contributed by atoms with Gasteiger partial charge in [-0.25, -0.2) is 9.59 Å². The number of rotatable bonds is 14. The lowest BCUT2D eigenvalue weighted by Crippen LogP contribution is -2.09. The molecule has 0 heterocycles. The van der Waals surface area contributed by atoms with Crippen LogP contribution in [-0.4, -0.2) is 37.5 Å². The van der Waals surface area contributed by atoms with E-state index in [0.29, 0.717) is 36.0 Å². The summed E-state index contributed by atoms with van der Waals surface area (Å²) in [7, 11) is 0. The van der Waals surface area contributed by atoms with E-state index in [4.69, 9.17) is 18.9 Å². The van der Waals surface area contributed by atoms with Gasteiger partial charge in [0, 0.05) is 12.7 Å². The van der Waals surface area contributed by atoms with Crippen LogP contribution >= 0.6 is 0 Å². The van der Waals surface area contributed by atoms with Gasteiger partial charge in [-0.05, 0) is 79.1 Å². The van der Waals surface area contributed by atoms with Gasteiger partial charge in [-0.2, -0.15) is 0 Å². The minimum atomic E-state index is -0.520. The molecule has 0 spiro atoms. The van der Waals surface area contributed by atoms with Crippen molar-refractivity contribution in [1.82, 2.24) is 0 Å². The van der Waals surface area contributed by atoms with Crippen molar-refractivity contribution in [2.75, 3.05) is 19.8 Å². The largest absolute Gasteiger partial charge is 0.494 e. The van der Waals surface area contributed by atoms with Gasteiger partial charge in [0.2, 0.25) is 0 Å². The smallest absolute Gasteiger partial charge is 0.343 e. The highest BCUT2D eigenvalue weighted by Gasteiger charge is 2.10. The van der Waals surface area contributed by atoms with Crippen LogP contribution in [0.3, 0.4) is 0 Å². The molecule has 7 nitrogen and oxygen atoms in total. The maximum absolute atomic E-state index is 12.4. The Balaban J connectivity index is 1.38. The number of carbonyl (C=O) groups is 3. The quantitative estimate of drug-likeness (QED) is 0.126. The first-order valence-electron chi connectivity index (χ1n) is 11.8. The molecule has 0 aliphatic rings. The molecule has 37 heavy (non-hydrogen) atoms. The fraction of sp³-hybridized carbons (Fsp3) is 0.167. The van der Waals surface area contributed by atoms with Crippen LogP contribution in [0.2, 0.25) is 0 Å². The van der Waals surface area contributed by atoms with E-state index in [0.717, 1.165) is 18.4 Å². The minimum Gasteiger partial charge on any atom is -0.494 e. The van der Waals surface area contributed by atoms with Crippen LogP contribution in [0.5, 0.6) is 17.2 Å². The van der Waals surface area contributed by atoms with Crippen LogP contribution in [0.25, 0.3) is 6.08 Å². The van der Waals surface area contributed by atoms with Gasteiger partial charge in [0.25, 0.3) is 0 Å². The Labute approximate surface area is 215 Å². The lowest BCUT2D eigenvalue weighted by atomic mass is 10.2. The highest BCUT2D eigenvalue weighted by Crippen LogP contribution is 2.20. The van der Waals surface area contributed by atoms with E-state index >= 15 is 0 Å². The van der Waals surface area contributed by atoms with E-state index in [2.05, 4.69) is 6.58 Å². The number of ether oxygens (including phenoxy) is 4. The van der Waals surface area contributed by atoms with Crippen molar-refractivity contribution >= 4 is 23.8 Å². The van der Waals surface area contributed by atoms with E-state index in [1.165, 1.54) is 12.2 Å². The van der Waals surface area contributed by atoms with Crippen molar-refractivity contribution in [1.29, 1.82) is 0 Å². The first kappa shape index (κ1) is 27.1. The van der Waals surface area contributed by atoms with Crippen molar-refractivity contribution in [2.24, 2.45) is 0 Å². The van der Waals surface area contributed by atoms with E-state index in [1.54, 1.807) is 54.6 Å². The Morgan fingerprint density at radius 3 is 2.03 bits per heavy atom. The Hall–Kier alpha value is -4.49. The average molecular weight is 501 g/mol. The van der Waals surface area contributed by atoms with Crippen LogP contribution in [0.15, 0.2) is 97.6 Å². The molecular weight excluding hydrogens is 472 g/mol. The molecule has 0 bridgehead atoms. The van der Waals surface area contributed by atoms with Gasteiger partial charge in [0.05, 0.1) is 12.2 Å². The third kappa shape index (κ3) is 9.95. The molecule has 0 saturated carbocycles. The zero-order chi connectivity index (χ0) is 26.3. The van der Waals surface area contributed by atoms with Crippen molar-refractivity contribution < 1.29 is 33.3 Å². The molecule has 3 rings (SSSR count).